The zero-order chi connectivity index (χ0) is 13.6. The van der Waals surface area contributed by atoms with Gasteiger partial charge in [0.2, 0.25) is 5.91 Å². The highest BCUT2D eigenvalue weighted by Gasteiger charge is 2.35. The number of carbonyl (C=O) groups is 2. The number of primary amides is 1. The highest BCUT2D eigenvalue weighted by Crippen LogP contribution is 2.34. The molecule has 6 nitrogen and oxygen atoms in total. The van der Waals surface area contributed by atoms with Crippen LogP contribution in [0.2, 0.25) is 0 Å². The molecule has 1 saturated heterocycles. The summed E-state index contributed by atoms with van der Waals surface area (Å²) >= 11 is 0. The van der Waals surface area contributed by atoms with Crippen LogP contribution in [0, 0.1) is 5.41 Å². The summed E-state index contributed by atoms with van der Waals surface area (Å²) in [5.74, 6) is -0.137. The zero-order valence-corrected chi connectivity index (χ0v) is 10.9. The number of carbonyl (C=O) groups excluding carboxylic acids is 2. The molecule has 1 aliphatic heterocycles. The quantitative estimate of drug-likeness (QED) is 0.649. The van der Waals surface area contributed by atoms with Gasteiger partial charge in [0.15, 0.2) is 0 Å². The van der Waals surface area contributed by atoms with Crippen molar-refractivity contribution in [3.05, 3.63) is 0 Å². The fourth-order valence-corrected chi connectivity index (χ4v) is 2.64. The maximum atomic E-state index is 11.9. The van der Waals surface area contributed by atoms with Gasteiger partial charge in [-0.05, 0) is 19.3 Å². The number of likely N-dealkylation sites (tertiary alicyclic amines) is 1. The van der Waals surface area contributed by atoms with Crippen LogP contribution in [0.25, 0.3) is 0 Å². The minimum Gasteiger partial charge on any atom is -0.396 e. The highest BCUT2D eigenvalue weighted by molar-refractivity contribution is 5.83. The van der Waals surface area contributed by atoms with Crippen molar-refractivity contribution in [2.75, 3.05) is 26.2 Å². The number of hydrogen-bond donors (Lipinski definition) is 3. The Labute approximate surface area is 108 Å². The molecular weight excluding hydrogens is 234 g/mol. The first kappa shape index (κ1) is 14.8. The van der Waals surface area contributed by atoms with Gasteiger partial charge < -0.3 is 21.1 Å². The molecule has 1 atom stereocenters. The van der Waals surface area contributed by atoms with Gasteiger partial charge in [-0.1, -0.05) is 13.3 Å². The second-order valence-electron chi connectivity index (χ2n) is 5.04. The highest BCUT2D eigenvalue weighted by atomic mass is 16.3. The van der Waals surface area contributed by atoms with Crippen LogP contribution in [-0.4, -0.2) is 48.2 Å². The molecule has 0 aromatic heterocycles. The van der Waals surface area contributed by atoms with Crippen molar-refractivity contribution in [2.24, 2.45) is 11.1 Å². The van der Waals surface area contributed by atoms with E-state index in [1.165, 1.54) is 0 Å². The van der Waals surface area contributed by atoms with Crippen LogP contribution >= 0.6 is 0 Å². The second-order valence-corrected chi connectivity index (χ2v) is 5.04. The number of urea groups is 1. The normalized spacial score (nSPS) is 23.8. The van der Waals surface area contributed by atoms with E-state index in [0.29, 0.717) is 13.1 Å². The van der Waals surface area contributed by atoms with Gasteiger partial charge in [0.25, 0.3) is 0 Å². The molecule has 3 amide bonds. The molecule has 0 aromatic rings. The molecule has 0 aliphatic carbocycles. The molecule has 0 saturated carbocycles. The largest absolute Gasteiger partial charge is 0.396 e. The smallest absolute Gasteiger partial charge is 0.312 e. The third kappa shape index (κ3) is 3.87. The van der Waals surface area contributed by atoms with Crippen LogP contribution in [0.3, 0.4) is 0 Å². The number of nitrogens with zero attached hydrogens (tertiary/aromatic N) is 1. The monoisotopic (exact) mass is 257 g/mol. The average Bonchev–Trinajstić information content (AvgIpc) is 2.36. The Morgan fingerprint density at radius 1 is 1.50 bits per heavy atom. The molecule has 1 heterocycles. The van der Waals surface area contributed by atoms with Gasteiger partial charge in [-0.3, -0.25) is 4.79 Å². The van der Waals surface area contributed by atoms with Crippen molar-refractivity contribution in [1.82, 2.24) is 10.2 Å². The van der Waals surface area contributed by atoms with Gasteiger partial charge in [0, 0.05) is 18.5 Å². The molecule has 0 aromatic carbocycles. The number of piperidine rings is 1. The Kier molecular flexibility index (Phi) is 5.40. The molecular formula is C12H23N3O3. The van der Waals surface area contributed by atoms with Gasteiger partial charge in [0.1, 0.15) is 0 Å². The van der Waals surface area contributed by atoms with Crippen LogP contribution in [0.5, 0.6) is 0 Å². The van der Waals surface area contributed by atoms with E-state index in [-0.39, 0.29) is 24.5 Å². The fraction of sp³-hybridized carbons (Fsp3) is 0.833. The molecule has 104 valence electrons. The number of nitrogens with one attached hydrogen (secondary N) is 1. The van der Waals surface area contributed by atoms with Gasteiger partial charge in [-0.25, -0.2) is 4.79 Å². The lowest BCUT2D eigenvalue weighted by Gasteiger charge is -2.41. The Bertz CT molecular complexity index is 305. The van der Waals surface area contributed by atoms with Crippen molar-refractivity contribution in [3.8, 4) is 0 Å². The summed E-state index contributed by atoms with van der Waals surface area (Å²) in [6.45, 7) is 3.37. The van der Waals surface area contributed by atoms with E-state index in [9.17, 15) is 14.7 Å². The first-order valence-electron chi connectivity index (χ1n) is 6.45. The summed E-state index contributed by atoms with van der Waals surface area (Å²) in [7, 11) is 0. The van der Waals surface area contributed by atoms with Crippen molar-refractivity contribution in [1.29, 1.82) is 0 Å². The van der Waals surface area contributed by atoms with Crippen LogP contribution in [-0.2, 0) is 4.79 Å². The van der Waals surface area contributed by atoms with E-state index < -0.39 is 6.03 Å². The van der Waals surface area contributed by atoms with Crippen LogP contribution < -0.4 is 11.1 Å². The molecule has 1 rings (SSSR count). The number of aliphatic hydroxyl groups is 1. The predicted molar refractivity (Wildman–Crippen MR) is 67.8 cm³/mol. The van der Waals surface area contributed by atoms with Crippen molar-refractivity contribution >= 4 is 11.9 Å². The van der Waals surface area contributed by atoms with Crippen LogP contribution in [0.1, 0.15) is 32.6 Å². The molecule has 0 unspecified atom stereocenters. The fourth-order valence-electron chi connectivity index (χ4n) is 2.64. The molecule has 4 N–H and O–H groups in total. The van der Waals surface area contributed by atoms with Crippen LogP contribution in [0.15, 0.2) is 0 Å². The van der Waals surface area contributed by atoms with Crippen LogP contribution in [0.4, 0.5) is 4.79 Å². The number of amides is 3. The van der Waals surface area contributed by atoms with Crippen molar-refractivity contribution < 1.29 is 14.7 Å². The topological polar surface area (TPSA) is 95.7 Å². The number of hydrogen-bond acceptors (Lipinski definition) is 3. The summed E-state index contributed by atoms with van der Waals surface area (Å²) in [5.41, 5.74) is 4.77. The maximum absolute atomic E-state index is 11.9. The molecule has 1 fully saturated rings. The minimum atomic E-state index is -0.692. The Morgan fingerprint density at radius 3 is 2.78 bits per heavy atom. The molecule has 18 heavy (non-hydrogen) atoms. The van der Waals surface area contributed by atoms with E-state index in [1.807, 2.05) is 0 Å². The van der Waals surface area contributed by atoms with E-state index in [0.717, 1.165) is 25.7 Å². The lowest BCUT2D eigenvalue weighted by Crippen LogP contribution is -2.50. The van der Waals surface area contributed by atoms with E-state index >= 15 is 0 Å². The second kappa shape index (κ2) is 6.58. The number of nitrogens with two attached hydrogens (primary N) is 1. The van der Waals surface area contributed by atoms with E-state index in [2.05, 4.69) is 12.2 Å². The first-order valence-corrected chi connectivity index (χ1v) is 6.45. The molecule has 6 heteroatoms. The molecule has 0 spiro atoms. The Hall–Kier alpha value is -1.30. The van der Waals surface area contributed by atoms with E-state index in [1.54, 1.807) is 4.90 Å². The maximum Gasteiger partial charge on any atom is 0.312 e. The van der Waals surface area contributed by atoms with Gasteiger partial charge in [-0.15, -0.1) is 0 Å². The SMILES string of the molecule is CCC[C@@]1(CO)CCCN(C(=O)CNC(N)=O)C1. The van der Waals surface area contributed by atoms with Crippen molar-refractivity contribution in [2.45, 2.75) is 32.6 Å². The summed E-state index contributed by atoms with van der Waals surface area (Å²) in [5, 5.41) is 11.9. The molecule has 0 radical (unpaired) electrons. The van der Waals surface area contributed by atoms with Gasteiger partial charge in [0.05, 0.1) is 13.2 Å². The van der Waals surface area contributed by atoms with Gasteiger partial charge >= 0.3 is 6.03 Å². The van der Waals surface area contributed by atoms with Crippen molar-refractivity contribution in [3.63, 3.8) is 0 Å². The zero-order valence-electron chi connectivity index (χ0n) is 10.9. The summed E-state index contributed by atoms with van der Waals surface area (Å²) in [6.07, 6.45) is 3.74. The Balaban J connectivity index is 2.56. The third-order valence-corrected chi connectivity index (χ3v) is 3.54. The summed E-state index contributed by atoms with van der Waals surface area (Å²) < 4.78 is 0. The minimum absolute atomic E-state index is 0.0665. The predicted octanol–water partition coefficient (Wildman–Crippen LogP) is 0.0559. The summed E-state index contributed by atoms with van der Waals surface area (Å²) in [6, 6.07) is -0.692. The molecule has 0 bridgehead atoms. The lowest BCUT2D eigenvalue weighted by atomic mass is 9.77. The third-order valence-electron chi connectivity index (χ3n) is 3.54. The standard InChI is InChI=1S/C12H23N3O3/c1-2-4-12(9-16)5-3-6-15(8-12)10(17)7-14-11(13)18/h16H,2-9H2,1H3,(H3,13,14,18)/t12-/m1/s1. The Morgan fingerprint density at radius 2 is 2.22 bits per heavy atom. The first-order chi connectivity index (χ1) is 8.53. The lowest BCUT2D eigenvalue weighted by molar-refractivity contribution is -0.134. The number of rotatable bonds is 5. The van der Waals surface area contributed by atoms with E-state index in [4.69, 9.17) is 5.73 Å². The number of aliphatic hydroxyl groups excluding tert-OH is 1. The molecule has 1 aliphatic rings. The van der Waals surface area contributed by atoms with Gasteiger partial charge in [-0.2, -0.15) is 0 Å². The summed E-state index contributed by atoms with van der Waals surface area (Å²) in [4.78, 5) is 24.2. The average molecular weight is 257 g/mol.